The predicted molar refractivity (Wildman–Crippen MR) is 130 cm³/mol. The van der Waals surface area contributed by atoms with E-state index in [9.17, 15) is 9.59 Å². The number of benzene rings is 1. The van der Waals surface area contributed by atoms with Gasteiger partial charge in [0, 0.05) is 24.7 Å². The van der Waals surface area contributed by atoms with E-state index < -0.39 is 0 Å². The number of carbonyl (C=O) groups excluding carboxylic acids is 2. The van der Waals surface area contributed by atoms with E-state index in [0.29, 0.717) is 58.7 Å². The third-order valence-electron chi connectivity index (χ3n) is 4.28. The Hall–Kier alpha value is -3.12. The minimum atomic E-state index is -0.321. The molecule has 0 radical (unpaired) electrons. The summed E-state index contributed by atoms with van der Waals surface area (Å²) in [5, 5.41) is 20.9. The molecule has 0 aliphatic carbocycles. The summed E-state index contributed by atoms with van der Waals surface area (Å²) in [6, 6.07) is 4.75. The van der Waals surface area contributed by atoms with Crippen LogP contribution in [0, 0.1) is 0 Å². The van der Waals surface area contributed by atoms with Crippen molar-refractivity contribution in [2.24, 2.45) is 0 Å². The maximum atomic E-state index is 12.7. The summed E-state index contributed by atoms with van der Waals surface area (Å²) in [5.74, 6) is 0.768. The van der Waals surface area contributed by atoms with Crippen molar-refractivity contribution in [1.29, 1.82) is 0 Å². The van der Waals surface area contributed by atoms with Crippen LogP contribution in [0.5, 0.6) is 0 Å². The highest BCUT2D eigenvalue weighted by atomic mass is 35.5. The number of anilines is 3. The van der Waals surface area contributed by atoms with Crippen molar-refractivity contribution in [2.75, 3.05) is 41.3 Å². The normalized spacial score (nSPS) is 10.8. The van der Waals surface area contributed by atoms with Crippen molar-refractivity contribution in [1.82, 2.24) is 29.9 Å². The Bertz CT molecular complexity index is 1140. The molecule has 0 spiro atoms. The Morgan fingerprint density at radius 2 is 1.88 bits per heavy atom. The molecule has 0 unspecified atom stereocenters. The average molecular weight is 492 g/mol. The minimum absolute atomic E-state index is 0.0316. The molecule has 0 aliphatic rings. The molecule has 2 heterocycles. The fraction of sp³-hybridized carbons (Fsp3) is 0.400. The molecule has 0 atom stereocenters. The molecule has 11 nitrogen and oxygen atoms in total. The van der Waals surface area contributed by atoms with Crippen molar-refractivity contribution < 1.29 is 9.59 Å². The Morgan fingerprint density at radius 3 is 2.61 bits per heavy atom. The summed E-state index contributed by atoms with van der Waals surface area (Å²) < 4.78 is 1.66. The molecule has 33 heavy (non-hydrogen) atoms. The van der Waals surface area contributed by atoms with Crippen LogP contribution in [0.1, 0.15) is 37.6 Å². The van der Waals surface area contributed by atoms with Crippen LogP contribution in [0.25, 0.3) is 5.78 Å². The van der Waals surface area contributed by atoms with E-state index in [0.717, 1.165) is 6.42 Å². The van der Waals surface area contributed by atoms with Gasteiger partial charge in [0.25, 0.3) is 11.7 Å². The van der Waals surface area contributed by atoms with Crippen LogP contribution >= 0.6 is 23.4 Å². The molecule has 4 N–H and O–H groups in total. The second-order valence-electron chi connectivity index (χ2n) is 6.83. The van der Waals surface area contributed by atoms with E-state index in [-0.39, 0.29) is 17.6 Å². The lowest BCUT2D eigenvalue weighted by Crippen LogP contribution is -2.26. The van der Waals surface area contributed by atoms with Crippen LogP contribution in [0.2, 0.25) is 5.02 Å². The van der Waals surface area contributed by atoms with Crippen molar-refractivity contribution in [3.05, 3.63) is 28.8 Å². The summed E-state index contributed by atoms with van der Waals surface area (Å²) >= 11 is 7.26. The minimum Gasteiger partial charge on any atom is -0.355 e. The maximum absolute atomic E-state index is 12.7. The number of hydrogen-bond acceptors (Lipinski definition) is 9. The first-order chi connectivity index (χ1) is 16.0. The van der Waals surface area contributed by atoms with Crippen LogP contribution in [0.15, 0.2) is 23.4 Å². The van der Waals surface area contributed by atoms with Gasteiger partial charge in [0.1, 0.15) is 0 Å². The zero-order valence-corrected chi connectivity index (χ0v) is 20.2. The number of nitrogens with one attached hydrogen (secondary N) is 4. The zero-order valence-electron chi connectivity index (χ0n) is 18.6. The van der Waals surface area contributed by atoms with Crippen LogP contribution in [0.3, 0.4) is 0 Å². The van der Waals surface area contributed by atoms with Gasteiger partial charge in [0.05, 0.1) is 17.0 Å². The second kappa shape index (κ2) is 11.7. The number of thioether (sulfide) groups is 1. The van der Waals surface area contributed by atoms with Gasteiger partial charge in [-0.25, -0.2) is 4.40 Å². The molecule has 3 rings (SSSR count). The number of amides is 2. The SMILES string of the molecule is CCCNC(=O)c1ccc(Cl)cc1NC(=O)CSc1nnc2nc(NCC)nc(NCC)n12. The van der Waals surface area contributed by atoms with Crippen LogP contribution < -0.4 is 21.3 Å². The molecule has 13 heteroatoms. The van der Waals surface area contributed by atoms with Crippen molar-refractivity contribution in [2.45, 2.75) is 32.3 Å². The first-order valence-electron chi connectivity index (χ1n) is 10.6. The van der Waals surface area contributed by atoms with Crippen molar-refractivity contribution in [3.63, 3.8) is 0 Å². The molecule has 3 aromatic rings. The quantitative estimate of drug-likeness (QED) is 0.298. The summed E-state index contributed by atoms with van der Waals surface area (Å²) in [6.45, 7) is 7.70. The Balaban J connectivity index is 1.75. The zero-order chi connectivity index (χ0) is 23.8. The number of carbonyl (C=O) groups is 2. The third kappa shape index (κ3) is 6.23. The summed E-state index contributed by atoms with van der Waals surface area (Å²) in [4.78, 5) is 33.9. The number of aromatic nitrogens is 5. The molecule has 2 aromatic heterocycles. The van der Waals surface area contributed by atoms with E-state index in [1.54, 1.807) is 22.6 Å². The highest BCUT2D eigenvalue weighted by Gasteiger charge is 2.18. The number of nitrogens with zero attached hydrogens (tertiary/aromatic N) is 5. The molecule has 176 valence electrons. The molecule has 2 amide bonds. The lowest BCUT2D eigenvalue weighted by Gasteiger charge is -2.12. The number of fused-ring (bicyclic) bond motifs is 1. The number of rotatable bonds is 11. The van der Waals surface area contributed by atoms with E-state index in [1.807, 2.05) is 20.8 Å². The predicted octanol–water partition coefficient (Wildman–Crippen LogP) is 2.91. The van der Waals surface area contributed by atoms with E-state index in [1.165, 1.54) is 11.8 Å². The molecule has 0 aliphatic heterocycles. The largest absolute Gasteiger partial charge is 0.355 e. The van der Waals surface area contributed by atoms with E-state index in [4.69, 9.17) is 11.6 Å². The molecule has 0 saturated heterocycles. The summed E-state index contributed by atoms with van der Waals surface area (Å²) in [7, 11) is 0. The lowest BCUT2D eigenvalue weighted by molar-refractivity contribution is -0.113. The maximum Gasteiger partial charge on any atom is 0.261 e. The smallest absolute Gasteiger partial charge is 0.261 e. The Morgan fingerprint density at radius 1 is 1.09 bits per heavy atom. The summed E-state index contributed by atoms with van der Waals surface area (Å²) in [6.07, 6.45) is 0.804. The Labute approximate surface area is 200 Å². The molecular formula is C20H26ClN9O2S. The second-order valence-corrected chi connectivity index (χ2v) is 8.21. The van der Waals surface area contributed by atoms with Gasteiger partial charge in [-0.05, 0) is 38.5 Å². The molecule has 0 fully saturated rings. The standard InChI is InChI=1S/C20H26ClN9O2S/c1-4-9-24-16(32)13-8-7-12(21)10-14(13)25-15(31)11-33-20-29-28-19-27-17(22-5-2)26-18(23-6-3)30(19)20/h7-8,10H,4-6,9,11H2,1-3H3,(H,24,32)(H,25,31)(H2,22,23,26,27,28). The monoisotopic (exact) mass is 491 g/mol. The van der Waals surface area contributed by atoms with Gasteiger partial charge in [-0.2, -0.15) is 9.97 Å². The fourth-order valence-electron chi connectivity index (χ4n) is 2.87. The third-order valence-corrected chi connectivity index (χ3v) is 5.45. The van der Waals surface area contributed by atoms with Crippen LogP contribution in [-0.4, -0.2) is 61.8 Å². The van der Waals surface area contributed by atoms with Gasteiger partial charge in [-0.15, -0.1) is 10.2 Å². The lowest BCUT2D eigenvalue weighted by atomic mass is 10.1. The van der Waals surface area contributed by atoms with Gasteiger partial charge in [-0.3, -0.25) is 9.59 Å². The Kier molecular flexibility index (Phi) is 8.66. The summed E-state index contributed by atoms with van der Waals surface area (Å²) in [5.41, 5.74) is 0.692. The van der Waals surface area contributed by atoms with Crippen molar-refractivity contribution in [3.8, 4) is 0 Å². The van der Waals surface area contributed by atoms with Gasteiger partial charge in [0.2, 0.25) is 17.8 Å². The van der Waals surface area contributed by atoms with Gasteiger partial charge >= 0.3 is 0 Å². The topological polar surface area (TPSA) is 138 Å². The number of halogens is 1. The van der Waals surface area contributed by atoms with Gasteiger partial charge in [0.15, 0.2) is 5.16 Å². The first-order valence-corrected chi connectivity index (χ1v) is 11.9. The molecular weight excluding hydrogens is 466 g/mol. The van der Waals surface area contributed by atoms with Crippen molar-refractivity contribution >= 4 is 58.5 Å². The fourth-order valence-corrected chi connectivity index (χ4v) is 3.77. The van der Waals surface area contributed by atoms with Crippen LogP contribution in [0.4, 0.5) is 17.6 Å². The van der Waals surface area contributed by atoms with Gasteiger partial charge in [-0.1, -0.05) is 30.3 Å². The highest BCUT2D eigenvalue weighted by molar-refractivity contribution is 7.99. The first kappa shape index (κ1) is 24.5. The molecule has 0 bridgehead atoms. The van der Waals surface area contributed by atoms with E-state index >= 15 is 0 Å². The molecule has 1 aromatic carbocycles. The molecule has 0 saturated carbocycles. The van der Waals surface area contributed by atoms with Gasteiger partial charge < -0.3 is 21.3 Å². The highest BCUT2D eigenvalue weighted by Crippen LogP contribution is 2.24. The van der Waals surface area contributed by atoms with E-state index in [2.05, 4.69) is 41.4 Å². The number of hydrogen-bond donors (Lipinski definition) is 4. The average Bonchev–Trinajstić information content (AvgIpc) is 3.20. The van der Waals surface area contributed by atoms with Crippen LogP contribution in [-0.2, 0) is 4.79 Å².